The molecule has 1 aliphatic rings. The van der Waals surface area contributed by atoms with Crippen LogP contribution in [0.15, 0.2) is 30.3 Å². The van der Waals surface area contributed by atoms with E-state index in [1.165, 1.54) is 0 Å². The second-order valence-electron chi connectivity index (χ2n) is 7.48. The van der Waals surface area contributed by atoms with Crippen molar-refractivity contribution >= 4 is 36.0 Å². The fourth-order valence-corrected chi connectivity index (χ4v) is 2.89. The Balaban J connectivity index is 1.71. The third-order valence-electron chi connectivity index (χ3n) is 4.97. The predicted octanol–water partition coefficient (Wildman–Crippen LogP) is 2.55. The first-order valence-electron chi connectivity index (χ1n) is 8.52. The van der Waals surface area contributed by atoms with E-state index in [2.05, 4.69) is 10.4 Å². The summed E-state index contributed by atoms with van der Waals surface area (Å²) < 4.78 is 13.6. The lowest BCUT2D eigenvalue weighted by atomic mass is 9.85. The Morgan fingerprint density at radius 2 is 1.85 bits per heavy atom. The second-order valence-corrected chi connectivity index (χ2v) is 7.89. The summed E-state index contributed by atoms with van der Waals surface area (Å²) >= 11 is 6.12. The topological polar surface area (TPSA) is 65.4 Å². The van der Waals surface area contributed by atoms with Crippen LogP contribution in [0.1, 0.15) is 33.3 Å². The van der Waals surface area contributed by atoms with E-state index in [4.69, 9.17) is 20.9 Å². The number of carbonyl (C=O) groups is 1. The summed E-state index contributed by atoms with van der Waals surface area (Å²) in [5.41, 5.74) is 0.518. The van der Waals surface area contributed by atoms with Gasteiger partial charge in [0.05, 0.1) is 23.2 Å². The molecule has 1 amide bonds. The van der Waals surface area contributed by atoms with Gasteiger partial charge in [-0.05, 0) is 39.3 Å². The zero-order valence-corrected chi connectivity index (χ0v) is 16.4. The number of halogens is 1. The average Bonchev–Trinajstić information content (AvgIpc) is 2.99. The van der Waals surface area contributed by atoms with Crippen molar-refractivity contribution < 1.29 is 14.1 Å². The van der Waals surface area contributed by atoms with Crippen LogP contribution in [0.5, 0.6) is 0 Å². The molecule has 0 atom stereocenters. The fraction of sp³-hybridized carbons (Fsp3) is 0.444. The normalized spacial score (nSPS) is 18.2. The van der Waals surface area contributed by atoms with Gasteiger partial charge in [0, 0.05) is 18.1 Å². The van der Waals surface area contributed by atoms with Crippen LogP contribution in [-0.2, 0) is 27.6 Å². The molecule has 26 heavy (non-hydrogen) atoms. The third kappa shape index (κ3) is 3.65. The minimum Gasteiger partial charge on any atom is -0.398 e. The van der Waals surface area contributed by atoms with Gasteiger partial charge in [0.15, 0.2) is 0 Å². The quantitative estimate of drug-likeness (QED) is 0.834. The van der Waals surface area contributed by atoms with E-state index in [0.29, 0.717) is 16.4 Å². The van der Waals surface area contributed by atoms with Gasteiger partial charge in [-0.3, -0.25) is 9.48 Å². The Bertz CT molecular complexity index is 819. The zero-order valence-electron chi connectivity index (χ0n) is 15.7. The smallest absolute Gasteiger partial charge is 0.398 e. The molecule has 0 aliphatic carbocycles. The maximum atomic E-state index is 12.3. The lowest BCUT2D eigenvalue weighted by molar-refractivity contribution is -0.115. The van der Waals surface area contributed by atoms with E-state index in [1.807, 2.05) is 45.9 Å². The van der Waals surface area contributed by atoms with Crippen molar-refractivity contribution in [3.05, 3.63) is 40.9 Å². The highest BCUT2D eigenvalue weighted by atomic mass is 35.5. The first kappa shape index (κ1) is 19.0. The van der Waals surface area contributed by atoms with Gasteiger partial charge in [0.2, 0.25) is 5.91 Å². The molecule has 1 N–H and O–H groups in total. The average molecular weight is 376 g/mol. The Kier molecular flexibility index (Phi) is 4.90. The molecule has 1 fully saturated rings. The minimum atomic E-state index is -0.569. The summed E-state index contributed by atoms with van der Waals surface area (Å²) in [6.07, 6.45) is 0.191. The molecule has 0 saturated carbocycles. The van der Waals surface area contributed by atoms with Crippen LogP contribution in [0.4, 0.5) is 5.82 Å². The van der Waals surface area contributed by atoms with E-state index in [-0.39, 0.29) is 12.3 Å². The van der Waals surface area contributed by atoms with Crippen molar-refractivity contribution in [1.29, 1.82) is 0 Å². The molecule has 6 nitrogen and oxygen atoms in total. The van der Waals surface area contributed by atoms with Crippen molar-refractivity contribution in [2.75, 3.05) is 5.32 Å². The van der Waals surface area contributed by atoms with E-state index < -0.39 is 18.3 Å². The van der Waals surface area contributed by atoms with Gasteiger partial charge in [0.1, 0.15) is 5.82 Å². The highest BCUT2D eigenvalue weighted by molar-refractivity contribution is 6.61. The van der Waals surface area contributed by atoms with Gasteiger partial charge in [-0.15, -0.1) is 0 Å². The summed E-state index contributed by atoms with van der Waals surface area (Å²) in [7, 11) is 1.19. The van der Waals surface area contributed by atoms with Crippen molar-refractivity contribution in [1.82, 2.24) is 9.78 Å². The van der Waals surface area contributed by atoms with Crippen LogP contribution in [0.3, 0.4) is 0 Å². The summed E-state index contributed by atoms with van der Waals surface area (Å²) in [5.74, 6) is 0.410. The van der Waals surface area contributed by atoms with Crippen LogP contribution in [0.2, 0.25) is 5.02 Å². The van der Waals surface area contributed by atoms with Crippen molar-refractivity contribution in [3.8, 4) is 0 Å². The van der Waals surface area contributed by atoms with Gasteiger partial charge in [-0.1, -0.05) is 29.8 Å². The second kappa shape index (κ2) is 6.72. The summed E-state index contributed by atoms with van der Waals surface area (Å²) in [5, 5.41) is 7.86. The van der Waals surface area contributed by atoms with Crippen LogP contribution in [0, 0.1) is 0 Å². The maximum absolute atomic E-state index is 12.3. The molecule has 2 heterocycles. The summed E-state index contributed by atoms with van der Waals surface area (Å²) in [4.78, 5) is 12.3. The first-order valence-corrected chi connectivity index (χ1v) is 8.90. The number of aromatic nitrogens is 2. The standard InChI is InChI=1S/C18H23BClN3O3/c1-17(2)18(3,4)26-19(25-17)14-11-15(23(5)22-14)21-16(24)10-12-8-6-7-9-13(12)20/h6-9,11H,10H2,1-5H3,(H,21,24). The van der Waals surface area contributed by atoms with Crippen molar-refractivity contribution in [2.45, 2.75) is 45.3 Å². The maximum Gasteiger partial charge on any atom is 0.516 e. The number of nitrogens with one attached hydrogen (secondary N) is 1. The minimum absolute atomic E-state index is 0.165. The van der Waals surface area contributed by atoms with E-state index >= 15 is 0 Å². The van der Waals surface area contributed by atoms with Crippen LogP contribution < -0.4 is 10.9 Å². The van der Waals surface area contributed by atoms with Gasteiger partial charge >= 0.3 is 7.12 Å². The Hall–Kier alpha value is -1.83. The molecule has 2 aromatic rings. The molecule has 1 aromatic carbocycles. The number of benzene rings is 1. The number of hydrogen-bond donors (Lipinski definition) is 1. The zero-order chi connectivity index (χ0) is 19.1. The fourth-order valence-electron chi connectivity index (χ4n) is 2.69. The highest BCUT2D eigenvalue weighted by Crippen LogP contribution is 2.36. The number of rotatable bonds is 4. The van der Waals surface area contributed by atoms with Gasteiger partial charge in [-0.25, -0.2) is 0 Å². The van der Waals surface area contributed by atoms with E-state index in [9.17, 15) is 4.79 Å². The molecular weight excluding hydrogens is 352 g/mol. The van der Waals surface area contributed by atoms with Gasteiger partial charge in [-0.2, -0.15) is 5.10 Å². The molecule has 1 aromatic heterocycles. The highest BCUT2D eigenvalue weighted by Gasteiger charge is 2.52. The number of hydrogen-bond acceptors (Lipinski definition) is 4. The molecule has 1 saturated heterocycles. The predicted molar refractivity (Wildman–Crippen MR) is 103 cm³/mol. The Morgan fingerprint density at radius 3 is 2.46 bits per heavy atom. The number of carbonyl (C=O) groups excluding carboxylic acids is 1. The summed E-state index contributed by atoms with van der Waals surface area (Å²) in [6.45, 7) is 7.95. The number of aryl methyl sites for hydroxylation is 1. The van der Waals surface area contributed by atoms with Crippen LogP contribution >= 0.6 is 11.6 Å². The lowest BCUT2D eigenvalue weighted by Gasteiger charge is -2.32. The van der Waals surface area contributed by atoms with E-state index in [1.54, 1.807) is 23.9 Å². The Labute approximate surface area is 159 Å². The molecule has 0 bridgehead atoms. The SMILES string of the molecule is Cn1nc(B2OC(C)(C)C(C)(C)O2)cc1NC(=O)Cc1ccccc1Cl. The molecule has 3 rings (SSSR count). The van der Waals surface area contributed by atoms with Crippen molar-refractivity contribution in [3.63, 3.8) is 0 Å². The number of nitrogens with zero attached hydrogens (tertiary/aromatic N) is 2. The molecule has 0 unspecified atom stereocenters. The van der Waals surface area contributed by atoms with Crippen LogP contribution in [-0.4, -0.2) is 34.0 Å². The monoisotopic (exact) mass is 375 g/mol. The third-order valence-corrected chi connectivity index (χ3v) is 5.34. The first-order chi connectivity index (χ1) is 12.1. The largest absolute Gasteiger partial charge is 0.516 e. The molecule has 0 radical (unpaired) electrons. The van der Waals surface area contributed by atoms with E-state index in [0.717, 1.165) is 5.56 Å². The summed E-state index contributed by atoms with van der Waals surface area (Å²) in [6, 6.07) is 9.06. The lowest BCUT2D eigenvalue weighted by Crippen LogP contribution is -2.41. The molecule has 0 spiro atoms. The number of amides is 1. The molecule has 1 aliphatic heterocycles. The van der Waals surface area contributed by atoms with Crippen LogP contribution in [0.25, 0.3) is 0 Å². The molecule has 8 heteroatoms. The van der Waals surface area contributed by atoms with Gasteiger partial charge < -0.3 is 14.6 Å². The Morgan fingerprint density at radius 1 is 1.23 bits per heavy atom. The molecule has 138 valence electrons. The van der Waals surface area contributed by atoms with Crippen molar-refractivity contribution in [2.24, 2.45) is 7.05 Å². The number of anilines is 1. The molecular formula is C18H23BClN3O3. The van der Waals surface area contributed by atoms with Gasteiger partial charge in [0.25, 0.3) is 0 Å².